The number of benzene rings is 2. The molecule has 0 N–H and O–H groups in total. The van der Waals surface area contributed by atoms with Gasteiger partial charge in [0, 0.05) is 17.9 Å². The lowest BCUT2D eigenvalue weighted by Gasteiger charge is -2.14. The van der Waals surface area contributed by atoms with E-state index < -0.39 is 5.97 Å². The minimum atomic E-state index is -0.511. The maximum Gasteiger partial charge on any atom is 0.343 e. The van der Waals surface area contributed by atoms with Crippen LogP contribution in [0.4, 0.5) is 5.69 Å². The lowest BCUT2D eigenvalue weighted by Crippen LogP contribution is -2.28. The number of carbonyl (C=O) groups excluding carboxylic acids is 3. The summed E-state index contributed by atoms with van der Waals surface area (Å²) in [5.41, 5.74) is 0.854. The molecule has 0 aliphatic carbocycles. The Labute approximate surface area is 137 Å². The van der Waals surface area contributed by atoms with Gasteiger partial charge < -0.3 is 4.74 Å². The fraction of sp³-hybridized carbons (Fsp3) is 0.118. The van der Waals surface area contributed by atoms with Crippen molar-refractivity contribution in [2.45, 2.75) is 12.8 Å². The van der Waals surface area contributed by atoms with Crippen LogP contribution in [0, 0.1) is 0 Å². The van der Waals surface area contributed by atoms with Crippen LogP contribution < -0.4 is 9.64 Å². The van der Waals surface area contributed by atoms with E-state index in [1.165, 1.54) is 0 Å². The molecule has 6 heteroatoms. The van der Waals surface area contributed by atoms with Crippen molar-refractivity contribution in [1.82, 2.24) is 0 Å². The zero-order valence-corrected chi connectivity index (χ0v) is 12.7. The van der Waals surface area contributed by atoms with Gasteiger partial charge in [0.25, 0.3) is 0 Å². The van der Waals surface area contributed by atoms with E-state index >= 15 is 0 Å². The Morgan fingerprint density at radius 2 is 1.48 bits per heavy atom. The number of anilines is 1. The molecule has 0 saturated carbocycles. The highest BCUT2D eigenvalue weighted by atomic mass is 35.5. The van der Waals surface area contributed by atoms with E-state index in [4.69, 9.17) is 16.3 Å². The molecule has 2 aromatic rings. The third-order valence-electron chi connectivity index (χ3n) is 3.44. The molecule has 2 aromatic carbocycles. The van der Waals surface area contributed by atoms with Crippen LogP contribution in [0.25, 0.3) is 0 Å². The Hall–Kier alpha value is -2.66. The number of halogens is 1. The van der Waals surface area contributed by atoms with E-state index in [1.807, 2.05) is 0 Å². The highest BCUT2D eigenvalue weighted by molar-refractivity contribution is 6.30. The quantitative estimate of drug-likeness (QED) is 0.493. The van der Waals surface area contributed by atoms with Crippen LogP contribution in [-0.4, -0.2) is 17.8 Å². The zero-order valence-electron chi connectivity index (χ0n) is 12.0. The molecular weight excluding hydrogens is 318 g/mol. The van der Waals surface area contributed by atoms with Gasteiger partial charge in [0.15, 0.2) is 0 Å². The van der Waals surface area contributed by atoms with E-state index in [0.717, 1.165) is 4.90 Å². The first-order valence-corrected chi connectivity index (χ1v) is 7.36. The number of hydrogen-bond acceptors (Lipinski definition) is 4. The van der Waals surface area contributed by atoms with Gasteiger partial charge in [0.1, 0.15) is 5.75 Å². The molecule has 0 aromatic heterocycles. The van der Waals surface area contributed by atoms with Crippen molar-refractivity contribution in [1.29, 1.82) is 0 Å². The molecule has 5 nitrogen and oxygen atoms in total. The Morgan fingerprint density at radius 3 is 2.04 bits per heavy atom. The molecule has 23 heavy (non-hydrogen) atoms. The van der Waals surface area contributed by atoms with Crippen molar-refractivity contribution in [3.63, 3.8) is 0 Å². The minimum absolute atomic E-state index is 0.221. The highest BCUT2D eigenvalue weighted by Gasteiger charge is 2.30. The average molecular weight is 330 g/mol. The Bertz CT molecular complexity index is 752. The van der Waals surface area contributed by atoms with Gasteiger partial charge >= 0.3 is 5.97 Å². The molecule has 3 rings (SSSR count). The lowest BCUT2D eigenvalue weighted by molar-refractivity contribution is -0.121. The van der Waals surface area contributed by atoms with Crippen LogP contribution in [0.1, 0.15) is 23.2 Å². The summed E-state index contributed by atoms with van der Waals surface area (Å²) < 4.78 is 5.24. The summed E-state index contributed by atoms with van der Waals surface area (Å²) in [5, 5.41) is 0.533. The summed E-state index contributed by atoms with van der Waals surface area (Å²) in [6.07, 6.45) is 0.457. The topological polar surface area (TPSA) is 63.7 Å². The molecule has 0 bridgehead atoms. The molecule has 1 fully saturated rings. The van der Waals surface area contributed by atoms with Gasteiger partial charge in [-0.2, -0.15) is 0 Å². The van der Waals surface area contributed by atoms with Gasteiger partial charge in [0.2, 0.25) is 11.8 Å². The van der Waals surface area contributed by atoms with E-state index in [1.54, 1.807) is 48.5 Å². The fourth-order valence-electron chi connectivity index (χ4n) is 2.28. The summed E-state index contributed by atoms with van der Waals surface area (Å²) in [6.45, 7) is 0. The zero-order chi connectivity index (χ0) is 16.4. The smallest absolute Gasteiger partial charge is 0.343 e. The summed E-state index contributed by atoms with van der Waals surface area (Å²) in [6, 6.07) is 12.6. The van der Waals surface area contributed by atoms with Crippen LogP contribution in [0.15, 0.2) is 48.5 Å². The van der Waals surface area contributed by atoms with Crippen molar-refractivity contribution < 1.29 is 19.1 Å². The Morgan fingerprint density at radius 1 is 0.913 bits per heavy atom. The van der Waals surface area contributed by atoms with E-state index in [9.17, 15) is 14.4 Å². The maximum atomic E-state index is 12.0. The summed E-state index contributed by atoms with van der Waals surface area (Å²) >= 11 is 5.77. The molecule has 1 saturated heterocycles. The number of ether oxygens (including phenoxy) is 1. The van der Waals surface area contributed by atoms with Crippen molar-refractivity contribution >= 4 is 35.1 Å². The average Bonchev–Trinajstić information content (AvgIpc) is 2.88. The third-order valence-corrected chi connectivity index (χ3v) is 3.69. The van der Waals surface area contributed by atoms with Crippen LogP contribution in [0.2, 0.25) is 5.02 Å². The lowest BCUT2D eigenvalue weighted by atomic mass is 10.2. The predicted octanol–water partition coefficient (Wildman–Crippen LogP) is 3.21. The predicted molar refractivity (Wildman–Crippen MR) is 84.6 cm³/mol. The number of esters is 1. The van der Waals surface area contributed by atoms with Crippen molar-refractivity contribution in [3.05, 3.63) is 59.1 Å². The molecule has 116 valence electrons. The normalized spacial score (nSPS) is 14.2. The van der Waals surface area contributed by atoms with Crippen LogP contribution >= 0.6 is 11.6 Å². The second kappa shape index (κ2) is 6.22. The van der Waals surface area contributed by atoms with Crippen molar-refractivity contribution in [2.75, 3.05) is 4.90 Å². The molecule has 0 unspecified atom stereocenters. The van der Waals surface area contributed by atoms with Gasteiger partial charge in [-0.1, -0.05) is 11.6 Å². The number of imide groups is 1. The van der Waals surface area contributed by atoms with Gasteiger partial charge in [-0.15, -0.1) is 0 Å². The molecule has 0 radical (unpaired) electrons. The number of nitrogens with zero attached hydrogens (tertiary/aromatic N) is 1. The van der Waals surface area contributed by atoms with Crippen LogP contribution in [0.5, 0.6) is 5.75 Å². The minimum Gasteiger partial charge on any atom is -0.423 e. The molecule has 0 atom stereocenters. The van der Waals surface area contributed by atoms with E-state index in [-0.39, 0.29) is 24.7 Å². The molecule has 2 amide bonds. The maximum absolute atomic E-state index is 12.0. The van der Waals surface area contributed by atoms with Gasteiger partial charge in [-0.3, -0.25) is 14.5 Å². The molecule has 0 spiro atoms. The monoisotopic (exact) mass is 329 g/mol. The first kappa shape index (κ1) is 15.2. The number of amides is 2. The largest absolute Gasteiger partial charge is 0.423 e. The van der Waals surface area contributed by atoms with Crippen molar-refractivity contribution in [2.24, 2.45) is 0 Å². The number of rotatable bonds is 3. The fourth-order valence-corrected chi connectivity index (χ4v) is 2.41. The molecular formula is C17H12ClNO4. The third kappa shape index (κ3) is 3.24. The van der Waals surface area contributed by atoms with Crippen LogP contribution in [0.3, 0.4) is 0 Å². The van der Waals surface area contributed by atoms with Gasteiger partial charge in [0.05, 0.1) is 11.3 Å². The van der Waals surface area contributed by atoms with Crippen molar-refractivity contribution in [3.8, 4) is 5.75 Å². The van der Waals surface area contributed by atoms with Crippen LogP contribution in [-0.2, 0) is 9.59 Å². The standard InChI is InChI=1S/C17H12ClNO4/c18-12-3-1-11(2-4-12)17(22)23-14-7-5-13(6-8-14)19-15(20)9-10-16(19)21/h1-8H,9-10H2. The summed E-state index contributed by atoms with van der Waals surface area (Å²) in [4.78, 5) is 36.5. The molecule has 1 aliphatic rings. The first-order chi connectivity index (χ1) is 11.0. The SMILES string of the molecule is O=C(Oc1ccc(N2C(=O)CCC2=O)cc1)c1ccc(Cl)cc1. The summed E-state index contributed by atoms with van der Waals surface area (Å²) in [7, 11) is 0. The first-order valence-electron chi connectivity index (χ1n) is 6.98. The number of hydrogen-bond donors (Lipinski definition) is 0. The second-order valence-electron chi connectivity index (χ2n) is 5.01. The highest BCUT2D eigenvalue weighted by Crippen LogP contribution is 2.25. The summed E-state index contributed by atoms with van der Waals surface area (Å²) in [5.74, 6) is -0.627. The molecule has 1 heterocycles. The Balaban J connectivity index is 1.72. The molecule has 1 aliphatic heterocycles. The van der Waals surface area contributed by atoms with Gasteiger partial charge in [-0.05, 0) is 48.5 Å². The number of carbonyl (C=O) groups is 3. The van der Waals surface area contributed by atoms with E-state index in [0.29, 0.717) is 22.0 Å². The Kier molecular flexibility index (Phi) is 4.12. The van der Waals surface area contributed by atoms with Gasteiger partial charge in [-0.25, -0.2) is 4.79 Å². The second-order valence-corrected chi connectivity index (χ2v) is 5.45. The van der Waals surface area contributed by atoms with E-state index in [2.05, 4.69) is 0 Å².